The molecule has 5 rings (SSSR count). The third kappa shape index (κ3) is 5.81. The average Bonchev–Trinajstić information content (AvgIpc) is 2.96. The molecule has 1 fully saturated rings. The van der Waals surface area contributed by atoms with Gasteiger partial charge in [0.2, 0.25) is 0 Å². The molecule has 2 amide bonds. The second-order valence-electron chi connectivity index (χ2n) is 8.74. The number of carbonyl (C=O) groups is 2. The van der Waals surface area contributed by atoms with Crippen LogP contribution in [-0.2, 0) is 16.2 Å². The SMILES string of the molecule is COc1cc(C=C2C(=O)N(c3ccccc3)C(=S)N(c3ccccc3)C2=O)cc(I)c1OCc1ccc(Br)cc1. The molecule has 0 radical (unpaired) electrons. The first-order valence-corrected chi connectivity index (χ1v) is 14.4. The minimum Gasteiger partial charge on any atom is -0.493 e. The van der Waals surface area contributed by atoms with Crippen LogP contribution in [0.25, 0.3) is 6.08 Å². The zero-order valence-corrected chi connectivity index (χ0v) is 25.8. The Morgan fingerprint density at radius 1 is 0.850 bits per heavy atom. The van der Waals surface area contributed by atoms with E-state index in [-0.39, 0.29) is 10.7 Å². The maximum absolute atomic E-state index is 13.8. The lowest BCUT2D eigenvalue weighted by Gasteiger charge is -2.36. The van der Waals surface area contributed by atoms with Gasteiger partial charge in [0.25, 0.3) is 11.8 Å². The maximum Gasteiger partial charge on any atom is 0.270 e. The van der Waals surface area contributed by atoms with Crippen LogP contribution in [0.4, 0.5) is 11.4 Å². The van der Waals surface area contributed by atoms with Crippen LogP contribution < -0.4 is 19.3 Å². The smallest absolute Gasteiger partial charge is 0.270 e. The first kappa shape index (κ1) is 28.0. The quantitative estimate of drug-likeness (QED) is 0.0862. The lowest BCUT2D eigenvalue weighted by Crippen LogP contribution is -2.56. The number of hydrogen-bond donors (Lipinski definition) is 0. The predicted molar refractivity (Wildman–Crippen MR) is 173 cm³/mol. The summed E-state index contributed by atoms with van der Waals surface area (Å²) in [6, 6.07) is 29.6. The number of rotatable bonds is 7. The Morgan fingerprint density at radius 3 is 1.93 bits per heavy atom. The van der Waals surface area contributed by atoms with E-state index in [9.17, 15) is 9.59 Å². The van der Waals surface area contributed by atoms with Crippen molar-refractivity contribution in [3.8, 4) is 11.5 Å². The molecule has 6 nitrogen and oxygen atoms in total. The molecule has 4 aromatic carbocycles. The Morgan fingerprint density at radius 2 is 1.40 bits per heavy atom. The molecule has 4 aromatic rings. The maximum atomic E-state index is 13.8. The van der Waals surface area contributed by atoms with Gasteiger partial charge in [0.05, 0.1) is 22.1 Å². The summed E-state index contributed by atoms with van der Waals surface area (Å²) in [5.74, 6) is 0.0604. The summed E-state index contributed by atoms with van der Waals surface area (Å²) >= 11 is 11.3. The number of amides is 2. The molecule has 1 heterocycles. The number of carbonyl (C=O) groups excluding carboxylic acids is 2. The molecule has 0 N–H and O–H groups in total. The standard InChI is InChI=1S/C31H22BrIN2O4S/c1-38-27-18-21(17-26(33)28(27)39-19-20-12-14-22(32)15-13-20)16-25-29(36)34(23-8-4-2-5-9-23)31(40)35(30(25)37)24-10-6-3-7-11-24/h2-18H,19H2,1H3. The fourth-order valence-corrected chi connectivity index (χ4v) is 5.63. The van der Waals surface area contributed by atoms with E-state index in [2.05, 4.69) is 38.5 Å². The van der Waals surface area contributed by atoms with Crippen LogP contribution in [0.2, 0.25) is 0 Å². The Balaban J connectivity index is 1.53. The van der Waals surface area contributed by atoms with Crippen molar-refractivity contribution in [3.05, 3.63) is 122 Å². The Labute approximate surface area is 259 Å². The van der Waals surface area contributed by atoms with Gasteiger partial charge in [-0.05, 0) is 101 Å². The summed E-state index contributed by atoms with van der Waals surface area (Å²) in [4.78, 5) is 30.3. The number of methoxy groups -OCH3 is 1. The summed E-state index contributed by atoms with van der Waals surface area (Å²) in [6.07, 6.45) is 1.57. The molecule has 40 heavy (non-hydrogen) atoms. The largest absolute Gasteiger partial charge is 0.493 e. The zero-order valence-electron chi connectivity index (χ0n) is 21.2. The van der Waals surface area contributed by atoms with E-state index < -0.39 is 11.8 Å². The average molecular weight is 725 g/mol. The van der Waals surface area contributed by atoms with E-state index >= 15 is 0 Å². The number of halogens is 2. The van der Waals surface area contributed by atoms with E-state index in [1.807, 2.05) is 66.7 Å². The molecule has 0 atom stereocenters. The van der Waals surface area contributed by atoms with Gasteiger partial charge in [0.1, 0.15) is 12.2 Å². The number of ether oxygens (including phenoxy) is 2. The fraction of sp³-hybridized carbons (Fsp3) is 0.0645. The van der Waals surface area contributed by atoms with E-state index in [4.69, 9.17) is 21.7 Å². The van der Waals surface area contributed by atoms with E-state index in [1.54, 1.807) is 43.5 Å². The van der Waals surface area contributed by atoms with Gasteiger partial charge in [-0.15, -0.1) is 0 Å². The molecular formula is C31H22BrIN2O4S. The molecule has 200 valence electrons. The molecular weight excluding hydrogens is 703 g/mol. The molecule has 9 heteroatoms. The number of hydrogen-bond acceptors (Lipinski definition) is 5. The Hall–Kier alpha value is -3.54. The van der Waals surface area contributed by atoms with Crippen LogP contribution in [0.15, 0.2) is 107 Å². The van der Waals surface area contributed by atoms with Crippen molar-refractivity contribution in [3.63, 3.8) is 0 Å². The molecule has 0 aliphatic carbocycles. The lowest BCUT2D eigenvalue weighted by molar-refractivity contribution is -0.120. The highest BCUT2D eigenvalue weighted by molar-refractivity contribution is 14.1. The third-order valence-electron chi connectivity index (χ3n) is 6.14. The third-order valence-corrected chi connectivity index (χ3v) is 7.83. The number of benzene rings is 4. The van der Waals surface area contributed by atoms with Gasteiger partial charge >= 0.3 is 0 Å². The van der Waals surface area contributed by atoms with Crippen molar-refractivity contribution in [1.29, 1.82) is 0 Å². The molecule has 0 aromatic heterocycles. The van der Waals surface area contributed by atoms with Crippen molar-refractivity contribution in [2.75, 3.05) is 16.9 Å². The van der Waals surface area contributed by atoms with Gasteiger partial charge < -0.3 is 9.47 Å². The number of para-hydroxylation sites is 2. The first-order chi connectivity index (χ1) is 19.4. The van der Waals surface area contributed by atoms with Crippen LogP contribution in [-0.4, -0.2) is 24.0 Å². The topological polar surface area (TPSA) is 59.1 Å². The molecule has 0 saturated carbocycles. The predicted octanol–water partition coefficient (Wildman–Crippen LogP) is 7.39. The Bertz CT molecular complexity index is 1550. The number of anilines is 2. The van der Waals surface area contributed by atoms with Gasteiger partial charge in [-0.2, -0.15) is 0 Å². The summed E-state index contributed by atoms with van der Waals surface area (Å²) < 4.78 is 13.5. The first-order valence-electron chi connectivity index (χ1n) is 12.2. The van der Waals surface area contributed by atoms with Gasteiger partial charge in [-0.3, -0.25) is 19.4 Å². The van der Waals surface area contributed by atoms with Gasteiger partial charge in [-0.25, -0.2) is 0 Å². The minimum absolute atomic E-state index is 0.0253. The van der Waals surface area contributed by atoms with Crippen molar-refractivity contribution in [2.24, 2.45) is 0 Å². The van der Waals surface area contributed by atoms with Gasteiger partial charge in [-0.1, -0.05) is 64.5 Å². The lowest BCUT2D eigenvalue weighted by atomic mass is 10.0. The summed E-state index contributed by atoms with van der Waals surface area (Å²) in [6.45, 7) is 0.354. The normalized spacial score (nSPS) is 13.5. The van der Waals surface area contributed by atoms with Crippen molar-refractivity contribution >= 4 is 85.1 Å². The highest BCUT2D eigenvalue weighted by Crippen LogP contribution is 2.36. The van der Waals surface area contributed by atoms with Crippen LogP contribution in [0.3, 0.4) is 0 Å². The molecule has 1 saturated heterocycles. The molecule has 1 aliphatic heterocycles. The number of thiocarbonyl (C=S) groups is 1. The van der Waals surface area contributed by atoms with Crippen molar-refractivity contribution < 1.29 is 19.1 Å². The number of nitrogens with zero attached hydrogens (tertiary/aromatic N) is 2. The van der Waals surface area contributed by atoms with Crippen molar-refractivity contribution in [1.82, 2.24) is 0 Å². The van der Waals surface area contributed by atoms with Crippen LogP contribution in [0.5, 0.6) is 11.5 Å². The Kier molecular flexibility index (Phi) is 8.63. The fourth-order valence-electron chi connectivity index (χ4n) is 4.21. The van der Waals surface area contributed by atoms with Crippen LogP contribution in [0.1, 0.15) is 11.1 Å². The van der Waals surface area contributed by atoms with Crippen molar-refractivity contribution in [2.45, 2.75) is 6.61 Å². The highest BCUT2D eigenvalue weighted by Gasteiger charge is 2.41. The molecule has 0 spiro atoms. The summed E-state index contributed by atoms with van der Waals surface area (Å²) in [5, 5.41) is 0.0911. The monoisotopic (exact) mass is 724 g/mol. The van der Waals surface area contributed by atoms with E-state index in [0.717, 1.165) is 13.6 Å². The van der Waals surface area contributed by atoms with E-state index in [1.165, 1.54) is 9.80 Å². The second kappa shape index (κ2) is 12.3. The van der Waals surface area contributed by atoms with Gasteiger partial charge in [0, 0.05) is 4.47 Å². The molecule has 1 aliphatic rings. The second-order valence-corrected chi connectivity index (χ2v) is 11.2. The summed E-state index contributed by atoms with van der Waals surface area (Å²) in [5.41, 5.74) is 2.73. The zero-order chi connectivity index (χ0) is 28.2. The molecule has 0 bridgehead atoms. The van der Waals surface area contributed by atoms with Crippen LogP contribution >= 0.6 is 50.7 Å². The van der Waals surface area contributed by atoms with E-state index in [0.29, 0.717) is 35.0 Å². The summed E-state index contributed by atoms with van der Waals surface area (Å²) in [7, 11) is 1.55. The highest BCUT2D eigenvalue weighted by atomic mass is 127. The van der Waals surface area contributed by atoms with Crippen LogP contribution in [0, 0.1) is 3.57 Å². The minimum atomic E-state index is -0.502. The van der Waals surface area contributed by atoms with Gasteiger partial charge in [0.15, 0.2) is 16.6 Å². The molecule has 0 unspecified atom stereocenters.